The van der Waals surface area contributed by atoms with Crippen LogP contribution in [-0.2, 0) is 28.9 Å². The average molecular weight is 545 g/mol. The topological polar surface area (TPSA) is 76.8 Å². The Morgan fingerprint density at radius 2 is 1.71 bits per heavy atom. The van der Waals surface area contributed by atoms with Crippen molar-refractivity contribution in [2.75, 3.05) is 38.8 Å². The third kappa shape index (κ3) is 5.39. The van der Waals surface area contributed by atoms with Gasteiger partial charge in [-0.25, -0.2) is 17.9 Å². The van der Waals surface area contributed by atoms with E-state index in [0.29, 0.717) is 23.4 Å². The van der Waals surface area contributed by atoms with E-state index in [1.54, 1.807) is 10.6 Å². The van der Waals surface area contributed by atoms with Crippen LogP contribution in [0.4, 0.5) is 13.2 Å². The molecule has 3 heterocycles. The summed E-state index contributed by atoms with van der Waals surface area (Å²) >= 11 is 0. The van der Waals surface area contributed by atoms with Crippen LogP contribution >= 0.6 is 0 Å². The zero-order valence-electron chi connectivity index (χ0n) is 21.0. The van der Waals surface area contributed by atoms with Crippen molar-refractivity contribution in [1.82, 2.24) is 19.5 Å². The lowest BCUT2D eigenvalue weighted by atomic mass is 9.96. The van der Waals surface area contributed by atoms with Gasteiger partial charge in [0.25, 0.3) is 0 Å². The van der Waals surface area contributed by atoms with E-state index < -0.39 is 21.6 Å². The highest BCUT2D eigenvalue weighted by Gasteiger charge is 2.31. The Balaban J connectivity index is 1.47. The van der Waals surface area contributed by atoms with Gasteiger partial charge in [-0.1, -0.05) is 18.2 Å². The van der Waals surface area contributed by atoms with Gasteiger partial charge in [0.2, 0.25) is 0 Å². The van der Waals surface area contributed by atoms with E-state index in [4.69, 9.17) is 4.74 Å². The van der Waals surface area contributed by atoms with Crippen LogP contribution in [0, 0.1) is 0 Å². The molecule has 0 fully saturated rings. The van der Waals surface area contributed by atoms with Gasteiger partial charge < -0.3 is 9.64 Å². The minimum absolute atomic E-state index is 0.0924. The summed E-state index contributed by atoms with van der Waals surface area (Å²) in [4.78, 5) is 6.63. The van der Waals surface area contributed by atoms with Crippen molar-refractivity contribution in [3.8, 4) is 28.1 Å². The quantitative estimate of drug-likeness (QED) is 0.355. The standard InChI is InChI=1S/C27H27F3N4O3S/c1-37-25-16-21(27(28,29)30)5-6-23(25)24-8-7-22(26-31-17-32-34(24)26)20-4-3-18-9-11-33(12-10-19(18)15-20)13-14-38(2,35)36/h3-8,15-17H,9-14H2,1-2H3. The SMILES string of the molecule is COc1cc(C(F)(F)F)ccc1-c1ccc(-c2ccc3c(c2)CCN(CCS(C)(=O)=O)CC3)c2ncnn12. The second-order valence-corrected chi connectivity index (χ2v) is 11.8. The van der Waals surface area contributed by atoms with Gasteiger partial charge in [0.05, 0.1) is 24.1 Å². The van der Waals surface area contributed by atoms with E-state index in [1.807, 2.05) is 12.1 Å². The van der Waals surface area contributed by atoms with Crippen molar-refractivity contribution in [2.24, 2.45) is 0 Å². The Morgan fingerprint density at radius 1 is 0.974 bits per heavy atom. The first kappa shape index (κ1) is 26.2. The minimum atomic E-state index is -4.48. The van der Waals surface area contributed by atoms with E-state index in [2.05, 4.69) is 27.1 Å². The number of alkyl halides is 3. The summed E-state index contributed by atoms with van der Waals surface area (Å²) in [5.41, 5.74) is 5.06. The maximum absolute atomic E-state index is 13.2. The van der Waals surface area contributed by atoms with E-state index in [0.717, 1.165) is 49.2 Å². The summed E-state index contributed by atoms with van der Waals surface area (Å²) < 4.78 is 69.7. The van der Waals surface area contributed by atoms with Gasteiger partial charge in [-0.15, -0.1) is 0 Å². The molecule has 4 aromatic rings. The van der Waals surface area contributed by atoms with Crippen LogP contribution in [0.2, 0.25) is 0 Å². The largest absolute Gasteiger partial charge is 0.496 e. The third-order valence-corrected chi connectivity index (χ3v) is 7.84. The Labute approximate surface area is 218 Å². The summed E-state index contributed by atoms with van der Waals surface area (Å²) in [6, 6.07) is 13.4. The summed E-state index contributed by atoms with van der Waals surface area (Å²) in [5, 5.41) is 4.35. The van der Waals surface area contributed by atoms with Gasteiger partial charge in [0.1, 0.15) is 21.9 Å². The summed E-state index contributed by atoms with van der Waals surface area (Å²) in [6.07, 6.45) is -0.157. The second-order valence-electron chi connectivity index (χ2n) is 9.50. The average Bonchev–Trinajstić information content (AvgIpc) is 3.27. The Morgan fingerprint density at radius 3 is 2.42 bits per heavy atom. The first-order valence-corrected chi connectivity index (χ1v) is 14.2. The fraction of sp³-hybridized carbons (Fsp3) is 0.333. The molecule has 2 aromatic carbocycles. The van der Waals surface area contributed by atoms with Crippen molar-refractivity contribution < 1.29 is 26.3 Å². The Bertz CT molecular complexity index is 1600. The zero-order chi connectivity index (χ0) is 27.1. The molecule has 7 nitrogen and oxygen atoms in total. The number of halogens is 3. The Kier molecular flexibility index (Phi) is 6.91. The molecular weight excluding hydrogens is 517 g/mol. The van der Waals surface area contributed by atoms with Crippen LogP contribution in [0.3, 0.4) is 0 Å². The fourth-order valence-corrected chi connectivity index (χ4v) is 5.46. The predicted molar refractivity (Wildman–Crippen MR) is 139 cm³/mol. The number of fused-ring (bicyclic) bond motifs is 2. The molecule has 0 atom stereocenters. The number of pyridine rings is 1. The molecule has 0 amide bonds. The highest BCUT2D eigenvalue weighted by atomic mass is 32.2. The number of benzene rings is 2. The van der Waals surface area contributed by atoms with E-state index in [1.165, 1.54) is 36.9 Å². The number of ether oxygens (including phenoxy) is 1. The van der Waals surface area contributed by atoms with Crippen molar-refractivity contribution in [3.63, 3.8) is 0 Å². The van der Waals surface area contributed by atoms with Gasteiger partial charge in [-0.05, 0) is 59.9 Å². The molecule has 1 aliphatic heterocycles. The summed E-state index contributed by atoms with van der Waals surface area (Å²) in [5.74, 6) is 0.241. The number of nitrogens with zero attached hydrogens (tertiary/aromatic N) is 4. The predicted octanol–water partition coefficient (Wildman–Crippen LogP) is 4.54. The second kappa shape index (κ2) is 10.0. The number of hydrogen-bond donors (Lipinski definition) is 0. The molecule has 0 radical (unpaired) electrons. The maximum atomic E-state index is 13.2. The van der Waals surface area contributed by atoms with Crippen molar-refractivity contribution in [1.29, 1.82) is 0 Å². The van der Waals surface area contributed by atoms with Crippen LogP contribution in [0.25, 0.3) is 28.0 Å². The number of sulfone groups is 1. The van der Waals surface area contributed by atoms with Crippen molar-refractivity contribution in [2.45, 2.75) is 19.0 Å². The van der Waals surface area contributed by atoms with Crippen LogP contribution < -0.4 is 4.74 Å². The van der Waals surface area contributed by atoms with Gasteiger partial charge >= 0.3 is 6.18 Å². The molecular formula is C27H27F3N4O3S. The first-order chi connectivity index (χ1) is 18.0. The maximum Gasteiger partial charge on any atom is 0.416 e. The number of aromatic nitrogens is 3. The van der Waals surface area contributed by atoms with Gasteiger partial charge in [0.15, 0.2) is 5.65 Å². The minimum Gasteiger partial charge on any atom is -0.496 e. The van der Waals surface area contributed by atoms with Crippen molar-refractivity contribution in [3.05, 3.63) is 71.5 Å². The van der Waals surface area contributed by atoms with E-state index >= 15 is 0 Å². The lowest BCUT2D eigenvalue weighted by Gasteiger charge is -2.18. The van der Waals surface area contributed by atoms with Crippen LogP contribution in [-0.4, -0.2) is 66.7 Å². The number of hydrogen-bond acceptors (Lipinski definition) is 6. The molecule has 11 heteroatoms. The summed E-state index contributed by atoms with van der Waals surface area (Å²) in [7, 11) is -1.68. The lowest BCUT2D eigenvalue weighted by molar-refractivity contribution is -0.137. The summed E-state index contributed by atoms with van der Waals surface area (Å²) in [6.45, 7) is 2.10. The van der Waals surface area contributed by atoms with E-state index in [9.17, 15) is 21.6 Å². The third-order valence-electron chi connectivity index (χ3n) is 6.92. The first-order valence-electron chi connectivity index (χ1n) is 12.1. The molecule has 0 bridgehead atoms. The molecule has 0 aliphatic carbocycles. The van der Waals surface area contributed by atoms with E-state index in [-0.39, 0.29) is 11.5 Å². The van der Waals surface area contributed by atoms with Crippen molar-refractivity contribution >= 4 is 15.5 Å². The molecule has 0 unspecified atom stereocenters. The smallest absolute Gasteiger partial charge is 0.416 e. The highest BCUT2D eigenvalue weighted by Crippen LogP contribution is 2.38. The lowest BCUT2D eigenvalue weighted by Crippen LogP contribution is -2.31. The highest BCUT2D eigenvalue weighted by molar-refractivity contribution is 7.90. The number of methoxy groups -OCH3 is 1. The molecule has 200 valence electrons. The van der Waals surface area contributed by atoms with Gasteiger partial charge in [-0.3, -0.25) is 0 Å². The molecule has 1 aliphatic rings. The van der Waals surface area contributed by atoms with Crippen LogP contribution in [0.1, 0.15) is 16.7 Å². The molecule has 5 rings (SSSR count). The molecule has 2 aromatic heterocycles. The van der Waals surface area contributed by atoms with Crippen LogP contribution in [0.15, 0.2) is 54.9 Å². The number of rotatable bonds is 6. The molecule has 0 saturated carbocycles. The normalized spacial score (nSPS) is 14.9. The molecule has 0 spiro atoms. The zero-order valence-corrected chi connectivity index (χ0v) is 21.8. The monoisotopic (exact) mass is 544 g/mol. The fourth-order valence-electron chi connectivity index (χ4n) is 4.87. The Hall–Kier alpha value is -3.44. The molecule has 38 heavy (non-hydrogen) atoms. The van der Waals surface area contributed by atoms with Gasteiger partial charge in [-0.2, -0.15) is 18.3 Å². The van der Waals surface area contributed by atoms with Crippen LogP contribution in [0.5, 0.6) is 5.75 Å². The van der Waals surface area contributed by atoms with Gasteiger partial charge in [0, 0.05) is 37.0 Å². The molecule has 0 N–H and O–H groups in total. The molecule has 0 saturated heterocycles.